The zero-order valence-corrected chi connectivity index (χ0v) is 9.16. The molecule has 2 N–H and O–H groups in total. The van der Waals surface area contributed by atoms with Crippen LogP contribution < -0.4 is 10.6 Å². The van der Waals surface area contributed by atoms with Gasteiger partial charge in [0.25, 0.3) is 0 Å². The van der Waals surface area contributed by atoms with Gasteiger partial charge in [-0.15, -0.1) is 0 Å². The molecule has 15 heavy (non-hydrogen) atoms. The number of hydrogen-bond donors (Lipinski definition) is 1. The maximum absolute atomic E-state index is 11.6. The normalized spacial score (nSPS) is 21.1. The van der Waals surface area contributed by atoms with Crippen LogP contribution in [0.1, 0.15) is 12.1 Å². The van der Waals surface area contributed by atoms with Crippen molar-refractivity contribution < 1.29 is 4.79 Å². The highest BCUT2D eigenvalue weighted by molar-refractivity contribution is 6.30. The van der Waals surface area contributed by atoms with Crippen LogP contribution in [0.3, 0.4) is 0 Å². The van der Waals surface area contributed by atoms with Crippen molar-refractivity contribution in [2.24, 2.45) is 5.73 Å². The molecule has 1 fully saturated rings. The third-order valence-electron chi connectivity index (χ3n) is 2.47. The quantitative estimate of drug-likeness (QED) is 0.779. The molecule has 0 bridgehead atoms. The Kier molecular flexibility index (Phi) is 2.63. The molecule has 2 rings (SSSR count). The number of nitrogens with zero attached hydrogens (tertiary/aromatic N) is 2. The lowest BCUT2D eigenvalue weighted by Gasteiger charge is -2.17. The molecule has 1 saturated heterocycles. The maximum atomic E-state index is 11.6. The van der Waals surface area contributed by atoms with Gasteiger partial charge < -0.3 is 10.6 Å². The van der Waals surface area contributed by atoms with Crippen molar-refractivity contribution in [1.29, 1.82) is 0 Å². The third kappa shape index (κ3) is 1.96. The highest BCUT2D eigenvalue weighted by Gasteiger charge is 2.29. The van der Waals surface area contributed by atoms with Crippen LogP contribution in [0.2, 0.25) is 5.02 Å². The summed E-state index contributed by atoms with van der Waals surface area (Å²) in [5, 5.41) is 0.531. The number of anilines is 1. The van der Waals surface area contributed by atoms with Gasteiger partial charge in [0.1, 0.15) is 0 Å². The number of carbonyl (C=O) groups excluding carboxylic acids is 1. The van der Waals surface area contributed by atoms with E-state index in [1.54, 1.807) is 17.2 Å². The smallest absolute Gasteiger partial charge is 0.228 e. The fourth-order valence-electron chi connectivity index (χ4n) is 1.74. The van der Waals surface area contributed by atoms with Gasteiger partial charge in [-0.25, -0.2) is 0 Å². The van der Waals surface area contributed by atoms with Crippen LogP contribution in [0.4, 0.5) is 5.69 Å². The van der Waals surface area contributed by atoms with Gasteiger partial charge in [0, 0.05) is 25.2 Å². The highest BCUT2D eigenvalue weighted by atomic mass is 35.5. The molecule has 1 amide bonds. The fraction of sp³-hybridized carbons (Fsp3) is 0.400. The molecule has 0 aliphatic carbocycles. The summed E-state index contributed by atoms with van der Waals surface area (Å²) in [6, 6.07) is 1.66. The molecule has 5 heteroatoms. The molecular weight excluding hydrogens is 214 g/mol. The number of nitrogens with two attached hydrogens (primary N) is 1. The molecule has 80 valence electrons. The van der Waals surface area contributed by atoms with Crippen LogP contribution in [0, 0.1) is 6.92 Å². The van der Waals surface area contributed by atoms with E-state index in [0.717, 1.165) is 11.4 Å². The Labute approximate surface area is 93.0 Å². The first-order chi connectivity index (χ1) is 7.08. The zero-order valence-electron chi connectivity index (χ0n) is 8.40. The second-order valence-corrected chi connectivity index (χ2v) is 4.16. The Morgan fingerprint density at radius 3 is 3.00 bits per heavy atom. The van der Waals surface area contributed by atoms with Gasteiger partial charge in [0.2, 0.25) is 5.91 Å². The first-order valence-corrected chi connectivity index (χ1v) is 5.14. The Bertz CT molecular complexity index is 408. The predicted molar refractivity (Wildman–Crippen MR) is 58.9 cm³/mol. The second kappa shape index (κ2) is 3.79. The summed E-state index contributed by atoms with van der Waals surface area (Å²) in [5.41, 5.74) is 7.28. The molecule has 0 radical (unpaired) electrons. The molecule has 1 aromatic heterocycles. The van der Waals surface area contributed by atoms with Gasteiger partial charge >= 0.3 is 0 Å². The van der Waals surface area contributed by atoms with E-state index in [4.69, 9.17) is 17.3 Å². The van der Waals surface area contributed by atoms with Crippen LogP contribution in [0.15, 0.2) is 12.3 Å². The van der Waals surface area contributed by atoms with Crippen LogP contribution in [-0.4, -0.2) is 23.5 Å². The third-order valence-corrected chi connectivity index (χ3v) is 2.68. The molecule has 1 aliphatic rings. The lowest BCUT2D eigenvalue weighted by molar-refractivity contribution is -0.117. The summed E-state index contributed by atoms with van der Waals surface area (Å²) < 4.78 is 0. The number of aromatic nitrogens is 1. The number of rotatable bonds is 1. The standard InChI is InChI=1S/C10H12ClN3O/c1-6-9(2-7(11)4-13-6)14-5-8(12)3-10(14)15/h2,4,8H,3,5,12H2,1H3. The number of amides is 1. The Morgan fingerprint density at radius 1 is 1.67 bits per heavy atom. The van der Waals surface area contributed by atoms with Crippen molar-refractivity contribution in [3.8, 4) is 0 Å². The van der Waals surface area contributed by atoms with Crippen molar-refractivity contribution in [2.75, 3.05) is 11.4 Å². The Morgan fingerprint density at radius 2 is 2.40 bits per heavy atom. The summed E-state index contributed by atoms with van der Waals surface area (Å²) in [4.78, 5) is 17.4. The molecule has 1 atom stereocenters. The summed E-state index contributed by atoms with van der Waals surface area (Å²) in [6.45, 7) is 2.39. The van der Waals surface area contributed by atoms with E-state index in [9.17, 15) is 4.79 Å². The average Bonchev–Trinajstić information content (AvgIpc) is 2.50. The molecule has 1 aliphatic heterocycles. The van der Waals surface area contributed by atoms with Gasteiger partial charge in [-0.05, 0) is 13.0 Å². The minimum atomic E-state index is -0.0871. The number of halogens is 1. The summed E-state index contributed by atoms with van der Waals surface area (Å²) >= 11 is 5.85. The van der Waals surface area contributed by atoms with E-state index in [1.165, 1.54) is 0 Å². The minimum Gasteiger partial charge on any atom is -0.326 e. The van der Waals surface area contributed by atoms with E-state index >= 15 is 0 Å². The molecule has 0 spiro atoms. The van der Waals surface area contributed by atoms with E-state index in [2.05, 4.69) is 4.98 Å². The molecular formula is C10H12ClN3O. The van der Waals surface area contributed by atoms with Crippen molar-refractivity contribution >= 4 is 23.2 Å². The SMILES string of the molecule is Cc1ncc(Cl)cc1N1CC(N)CC1=O. The lowest BCUT2D eigenvalue weighted by atomic mass is 10.3. The largest absolute Gasteiger partial charge is 0.326 e. The number of pyridine rings is 1. The van der Waals surface area contributed by atoms with E-state index in [-0.39, 0.29) is 11.9 Å². The van der Waals surface area contributed by atoms with Crippen molar-refractivity contribution in [3.05, 3.63) is 23.0 Å². The Balaban J connectivity index is 2.37. The predicted octanol–water partition coefficient (Wildman–Crippen LogP) is 1.11. The van der Waals surface area contributed by atoms with E-state index < -0.39 is 0 Å². The van der Waals surface area contributed by atoms with Crippen molar-refractivity contribution in [1.82, 2.24) is 4.98 Å². The highest BCUT2D eigenvalue weighted by Crippen LogP contribution is 2.25. The average molecular weight is 226 g/mol. The molecule has 0 aromatic carbocycles. The molecule has 1 unspecified atom stereocenters. The van der Waals surface area contributed by atoms with Crippen molar-refractivity contribution in [2.45, 2.75) is 19.4 Å². The van der Waals surface area contributed by atoms with Gasteiger partial charge in [0.15, 0.2) is 0 Å². The van der Waals surface area contributed by atoms with Crippen molar-refractivity contribution in [3.63, 3.8) is 0 Å². The van der Waals surface area contributed by atoms with Crippen LogP contribution in [-0.2, 0) is 4.79 Å². The topological polar surface area (TPSA) is 59.2 Å². The number of carbonyl (C=O) groups is 1. The van der Waals surface area contributed by atoms with Crippen LogP contribution in [0.25, 0.3) is 0 Å². The second-order valence-electron chi connectivity index (χ2n) is 3.73. The first-order valence-electron chi connectivity index (χ1n) is 4.76. The lowest BCUT2D eigenvalue weighted by Crippen LogP contribution is -2.28. The molecule has 4 nitrogen and oxygen atoms in total. The first kappa shape index (κ1) is 10.4. The van der Waals surface area contributed by atoms with Gasteiger partial charge in [-0.1, -0.05) is 11.6 Å². The van der Waals surface area contributed by atoms with Crippen LogP contribution in [0.5, 0.6) is 0 Å². The van der Waals surface area contributed by atoms with Gasteiger partial charge in [0.05, 0.1) is 16.4 Å². The van der Waals surface area contributed by atoms with E-state index in [1.807, 2.05) is 6.92 Å². The number of aryl methyl sites for hydroxylation is 1. The number of hydrogen-bond acceptors (Lipinski definition) is 3. The molecule has 1 aromatic rings. The van der Waals surface area contributed by atoms with Gasteiger partial charge in [-0.2, -0.15) is 0 Å². The maximum Gasteiger partial charge on any atom is 0.228 e. The zero-order chi connectivity index (χ0) is 11.0. The monoisotopic (exact) mass is 225 g/mol. The van der Waals surface area contributed by atoms with E-state index in [0.29, 0.717) is 18.0 Å². The molecule has 0 saturated carbocycles. The summed E-state index contributed by atoms with van der Waals surface area (Å²) in [6.07, 6.45) is 1.97. The minimum absolute atomic E-state index is 0.0367. The Hall–Kier alpha value is -1.13. The van der Waals surface area contributed by atoms with Crippen LogP contribution >= 0.6 is 11.6 Å². The van der Waals surface area contributed by atoms with Gasteiger partial charge in [-0.3, -0.25) is 9.78 Å². The molecule has 2 heterocycles. The fourth-order valence-corrected chi connectivity index (χ4v) is 1.89. The summed E-state index contributed by atoms with van der Waals surface area (Å²) in [5.74, 6) is 0.0367. The summed E-state index contributed by atoms with van der Waals surface area (Å²) in [7, 11) is 0.